The zero-order valence-corrected chi connectivity index (χ0v) is 29.8. The number of methoxy groups -OCH3 is 1. The number of hydrogen-bond acceptors (Lipinski definition) is 8. The molecule has 0 saturated heterocycles. The van der Waals surface area contributed by atoms with E-state index in [1.54, 1.807) is 42.2 Å². The van der Waals surface area contributed by atoms with Gasteiger partial charge < -0.3 is 29.5 Å². The molecule has 2 amide bonds. The summed E-state index contributed by atoms with van der Waals surface area (Å²) in [5, 5.41) is 13.3. The van der Waals surface area contributed by atoms with Gasteiger partial charge in [-0.1, -0.05) is 26.2 Å². The number of likely N-dealkylation sites (N-methyl/N-ethyl adjacent to an activating group) is 1. The summed E-state index contributed by atoms with van der Waals surface area (Å²) in [5.41, 5.74) is 0.816. The number of nitrogens with zero attached hydrogens (tertiary/aromatic N) is 2. The molecule has 2 aromatic carbocycles. The monoisotopic (exact) mass is 687 g/mol. The topological polar surface area (TPSA) is 135 Å². The van der Waals surface area contributed by atoms with Gasteiger partial charge in [0.15, 0.2) is 0 Å². The molecule has 4 rings (SSSR count). The molecule has 2 aromatic rings. The molecule has 1 fully saturated rings. The second-order valence-electron chi connectivity index (χ2n) is 13.3. The normalized spacial score (nSPS) is 22.7. The van der Waals surface area contributed by atoms with Gasteiger partial charge in [0.1, 0.15) is 11.5 Å². The number of anilines is 1. The Labute approximate surface area is 286 Å². The molecule has 266 valence electrons. The first-order chi connectivity index (χ1) is 22.9. The Kier molecular flexibility index (Phi) is 13.7. The largest absolute Gasteiger partial charge is 0.497 e. The summed E-state index contributed by atoms with van der Waals surface area (Å²) in [6.07, 6.45) is 6.48. The zero-order chi connectivity index (χ0) is 34.8. The first kappa shape index (κ1) is 37.6. The minimum Gasteiger partial charge on any atom is -0.497 e. The molecular weight excluding hydrogens is 634 g/mol. The standard InChI is InChI=1S/C36H53N3O8S/c1-25-22-39(26(2)24-40)36(42)32-21-29(37-35(41)28-12-7-6-8-13-28)14-19-33(32)47-27(3)11-9-10-20-46-34(25)23-38(4)48(43,44)31-17-15-30(45-5)16-18-31/h14-19,21,25-28,34,40H,6-13,20,22-24H2,1-5H3,(H,37,41)/t25-,26-,27-,34-/m1/s1. The molecule has 48 heavy (non-hydrogen) atoms. The van der Waals surface area contributed by atoms with Crippen molar-refractivity contribution in [3.05, 3.63) is 48.0 Å². The Hall–Kier alpha value is -3.19. The lowest BCUT2D eigenvalue weighted by molar-refractivity contribution is -0.120. The molecule has 0 radical (unpaired) electrons. The highest BCUT2D eigenvalue weighted by Crippen LogP contribution is 2.30. The molecule has 0 bridgehead atoms. The number of aliphatic hydroxyl groups excluding tert-OH is 1. The predicted octanol–water partition coefficient (Wildman–Crippen LogP) is 5.33. The maximum absolute atomic E-state index is 14.4. The number of hydrogen-bond donors (Lipinski definition) is 2. The summed E-state index contributed by atoms with van der Waals surface area (Å²) in [6, 6.07) is 10.9. The quantitative estimate of drug-likeness (QED) is 0.362. The van der Waals surface area contributed by atoms with Gasteiger partial charge in [-0.15, -0.1) is 0 Å². The Bertz CT molecular complexity index is 1460. The van der Waals surface area contributed by atoms with Gasteiger partial charge in [-0.25, -0.2) is 8.42 Å². The minimum atomic E-state index is -3.84. The Morgan fingerprint density at radius 1 is 1.06 bits per heavy atom. The Balaban J connectivity index is 1.62. The lowest BCUT2D eigenvalue weighted by Gasteiger charge is -2.35. The molecule has 4 atom stereocenters. The average molecular weight is 688 g/mol. The maximum Gasteiger partial charge on any atom is 0.258 e. The highest BCUT2D eigenvalue weighted by molar-refractivity contribution is 7.89. The van der Waals surface area contributed by atoms with E-state index >= 15 is 0 Å². The van der Waals surface area contributed by atoms with E-state index in [1.807, 2.05) is 13.8 Å². The maximum atomic E-state index is 14.4. The van der Waals surface area contributed by atoms with E-state index < -0.39 is 22.2 Å². The third-order valence-corrected chi connectivity index (χ3v) is 11.3. The third kappa shape index (κ3) is 9.71. The van der Waals surface area contributed by atoms with Crippen molar-refractivity contribution >= 4 is 27.5 Å². The van der Waals surface area contributed by atoms with Crippen LogP contribution in [0.3, 0.4) is 0 Å². The molecule has 0 spiro atoms. The summed E-state index contributed by atoms with van der Waals surface area (Å²) in [5.74, 6) is 0.227. The van der Waals surface area contributed by atoms with Gasteiger partial charge in [0, 0.05) is 44.3 Å². The van der Waals surface area contributed by atoms with Crippen LogP contribution in [0.5, 0.6) is 11.5 Å². The number of carbonyl (C=O) groups is 2. The number of ether oxygens (including phenoxy) is 3. The van der Waals surface area contributed by atoms with Gasteiger partial charge in [0.25, 0.3) is 5.91 Å². The van der Waals surface area contributed by atoms with Gasteiger partial charge in [-0.2, -0.15) is 4.31 Å². The summed E-state index contributed by atoms with van der Waals surface area (Å²) in [6.45, 7) is 6.05. The second kappa shape index (κ2) is 17.5. The highest BCUT2D eigenvalue weighted by atomic mass is 32.2. The van der Waals surface area contributed by atoms with E-state index in [0.717, 1.165) is 51.4 Å². The van der Waals surface area contributed by atoms with Crippen LogP contribution < -0.4 is 14.8 Å². The van der Waals surface area contributed by atoms with Crippen LogP contribution in [0.15, 0.2) is 47.4 Å². The number of amides is 2. The van der Waals surface area contributed by atoms with Crippen LogP contribution in [0.25, 0.3) is 0 Å². The van der Waals surface area contributed by atoms with Crippen LogP contribution in [0, 0.1) is 11.8 Å². The fourth-order valence-corrected chi connectivity index (χ4v) is 7.53. The molecule has 2 N–H and O–H groups in total. The summed E-state index contributed by atoms with van der Waals surface area (Å²) in [7, 11) is -0.788. The predicted molar refractivity (Wildman–Crippen MR) is 185 cm³/mol. The van der Waals surface area contributed by atoms with E-state index in [1.165, 1.54) is 30.6 Å². The zero-order valence-electron chi connectivity index (χ0n) is 29.0. The van der Waals surface area contributed by atoms with E-state index in [0.29, 0.717) is 29.4 Å². The van der Waals surface area contributed by atoms with E-state index in [2.05, 4.69) is 5.32 Å². The Morgan fingerprint density at radius 2 is 1.75 bits per heavy atom. The van der Waals surface area contributed by atoms with Crippen LogP contribution in [0.1, 0.15) is 82.5 Å². The highest BCUT2D eigenvalue weighted by Gasteiger charge is 2.33. The fourth-order valence-electron chi connectivity index (χ4n) is 6.35. The number of sulfonamides is 1. The van der Waals surface area contributed by atoms with Crippen LogP contribution in [0.2, 0.25) is 0 Å². The number of benzene rings is 2. The van der Waals surface area contributed by atoms with Crippen LogP contribution in [0.4, 0.5) is 5.69 Å². The smallest absolute Gasteiger partial charge is 0.258 e. The van der Waals surface area contributed by atoms with E-state index in [-0.39, 0.29) is 54.3 Å². The van der Waals surface area contributed by atoms with Crippen molar-refractivity contribution in [2.45, 2.75) is 95.3 Å². The molecule has 0 unspecified atom stereocenters. The fraction of sp³-hybridized carbons (Fsp3) is 0.611. The van der Waals surface area contributed by atoms with Crippen LogP contribution in [-0.2, 0) is 19.6 Å². The number of nitrogens with one attached hydrogen (secondary N) is 1. The number of aliphatic hydroxyl groups is 1. The second-order valence-corrected chi connectivity index (χ2v) is 15.3. The number of rotatable bonds is 9. The molecule has 1 heterocycles. The molecule has 2 aliphatic rings. The van der Waals surface area contributed by atoms with Gasteiger partial charge in [0.05, 0.1) is 42.4 Å². The molecule has 1 aliphatic heterocycles. The minimum absolute atomic E-state index is 0.0415. The summed E-state index contributed by atoms with van der Waals surface area (Å²) < 4.78 is 46.1. The van der Waals surface area contributed by atoms with Crippen molar-refractivity contribution in [1.82, 2.24) is 9.21 Å². The molecule has 1 saturated carbocycles. The lowest BCUT2D eigenvalue weighted by atomic mass is 9.88. The van der Waals surface area contributed by atoms with E-state index in [4.69, 9.17) is 14.2 Å². The van der Waals surface area contributed by atoms with Crippen molar-refractivity contribution < 1.29 is 37.3 Å². The third-order valence-electron chi connectivity index (χ3n) is 9.50. The SMILES string of the molecule is COc1ccc(S(=O)(=O)N(C)C[C@H]2OCCCC[C@@H](C)Oc3ccc(NC(=O)C4CCCCC4)cc3C(=O)N([C@H](C)CO)C[C@H]2C)cc1. The van der Waals surface area contributed by atoms with Gasteiger partial charge >= 0.3 is 0 Å². The number of fused-ring (bicyclic) bond motifs is 1. The van der Waals surface area contributed by atoms with Gasteiger partial charge in [0.2, 0.25) is 15.9 Å². The molecule has 11 nitrogen and oxygen atoms in total. The van der Waals surface area contributed by atoms with Gasteiger partial charge in [-0.05, 0) is 88.4 Å². The van der Waals surface area contributed by atoms with Crippen LogP contribution >= 0.6 is 0 Å². The molecule has 12 heteroatoms. The molecular formula is C36H53N3O8S. The van der Waals surface area contributed by atoms with Crippen LogP contribution in [-0.4, -0.2) is 93.3 Å². The summed E-state index contributed by atoms with van der Waals surface area (Å²) in [4.78, 5) is 29.2. The van der Waals surface area contributed by atoms with Crippen molar-refractivity contribution in [3.8, 4) is 11.5 Å². The average Bonchev–Trinajstić information content (AvgIpc) is 3.09. The van der Waals surface area contributed by atoms with E-state index in [9.17, 15) is 23.1 Å². The first-order valence-electron chi connectivity index (χ1n) is 17.2. The van der Waals surface area contributed by atoms with Crippen molar-refractivity contribution in [2.75, 3.05) is 45.8 Å². The van der Waals surface area contributed by atoms with Gasteiger partial charge in [-0.3, -0.25) is 9.59 Å². The molecule has 0 aromatic heterocycles. The first-order valence-corrected chi connectivity index (χ1v) is 18.6. The number of carbonyl (C=O) groups excluding carboxylic acids is 2. The lowest BCUT2D eigenvalue weighted by Crippen LogP contribution is -2.48. The Morgan fingerprint density at radius 3 is 2.42 bits per heavy atom. The van der Waals surface area contributed by atoms with Crippen molar-refractivity contribution in [1.29, 1.82) is 0 Å². The summed E-state index contributed by atoms with van der Waals surface area (Å²) >= 11 is 0. The van der Waals surface area contributed by atoms with Crippen molar-refractivity contribution in [2.24, 2.45) is 11.8 Å². The van der Waals surface area contributed by atoms with Crippen molar-refractivity contribution in [3.63, 3.8) is 0 Å². The molecule has 1 aliphatic carbocycles.